The third kappa shape index (κ3) is 4.10. The number of rotatable bonds is 5. The van der Waals surface area contributed by atoms with Crippen LogP contribution in [0.5, 0.6) is 0 Å². The van der Waals surface area contributed by atoms with Gasteiger partial charge in [0.1, 0.15) is 0 Å². The smallest absolute Gasteiger partial charge is 0.289 e. The van der Waals surface area contributed by atoms with Crippen molar-refractivity contribution in [3.63, 3.8) is 0 Å². The van der Waals surface area contributed by atoms with E-state index in [-0.39, 0.29) is 11.4 Å². The molecule has 2 rings (SSSR count). The van der Waals surface area contributed by atoms with E-state index in [1.165, 1.54) is 18.2 Å². The number of nitro benzene ring substituents is 1. The lowest BCUT2D eigenvalue weighted by atomic mass is 10.1. The lowest BCUT2D eigenvalue weighted by Gasteiger charge is -2.14. The molecule has 1 aromatic rings. The number of nitrogens with zero attached hydrogens (tertiary/aromatic N) is 1. The highest BCUT2D eigenvalue weighted by Crippen LogP contribution is 2.27. The molecule has 21 heavy (non-hydrogen) atoms. The van der Waals surface area contributed by atoms with Crippen LogP contribution in [0.25, 0.3) is 0 Å². The first-order valence-corrected chi connectivity index (χ1v) is 8.50. The van der Waals surface area contributed by atoms with Gasteiger partial charge in [-0.1, -0.05) is 27.6 Å². The van der Waals surface area contributed by atoms with Crippen molar-refractivity contribution in [3.05, 3.63) is 44.4 Å². The standard InChI is InChI=1S/C12H14BrN3O4S/c13-10-1-2-11(16(17)18)12(7-10)21(19,20)15-8-9-3-5-14-6-4-9/h1-3,7,14-15H,4-6,8H2. The van der Waals surface area contributed by atoms with Crippen LogP contribution >= 0.6 is 15.9 Å². The molecule has 7 nitrogen and oxygen atoms in total. The summed E-state index contributed by atoms with van der Waals surface area (Å²) in [5.41, 5.74) is 0.528. The van der Waals surface area contributed by atoms with Crippen LogP contribution < -0.4 is 10.0 Å². The first-order chi connectivity index (χ1) is 9.90. The molecule has 1 aliphatic rings. The molecule has 0 spiro atoms. The van der Waals surface area contributed by atoms with E-state index in [1.807, 2.05) is 6.08 Å². The molecule has 1 aliphatic heterocycles. The van der Waals surface area contributed by atoms with Crippen molar-refractivity contribution in [2.45, 2.75) is 11.3 Å². The van der Waals surface area contributed by atoms with E-state index in [0.717, 1.165) is 18.5 Å². The van der Waals surface area contributed by atoms with Crippen LogP contribution in [0.4, 0.5) is 5.69 Å². The molecule has 0 aromatic heterocycles. The summed E-state index contributed by atoms with van der Waals surface area (Å²) in [6.07, 6.45) is 2.67. The van der Waals surface area contributed by atoms with E-state index in [2.05, 4.69) is 26.0 Å². The topological polar surface area (TPSA) is 101 Å². The van der Waals surface area contributed by atoms with Crippen molar-refractivity contribution in [1.82, 2.24) is 10.0 Å². The lowest BCUT2D eigenvalue weighted by Crippen LogP contribution is -2.30. The first kappa shape index (κ1) is 16.1. The Balaban J connectivity index is 2.24. The van der Waals surface area contributed by atoms with Gasteiger partial charge in [0.2, 0.25) is 10.0 Å². The maximum absolute atomic E-state index is 12.3. The van der Waals surface area contributed by atoms with Crippen LogP contribution in [0.2, 0.25) is 0 Å². The minimum absolute atomic E-state index is 0.160. The Hall–Kier alpha value is -1.29. The molecular weight excluding hydrogens is 362 g/mol. The highest BCUT2D eigenvalue weighted by atomic mass is 79.9. The molecule has 0 saturated heterocycles. The molecular formula is C12H14BrN3O4S. The monoisotopic (exact) mass is 375 g/mol. The van der Waals surface area contributed by atoms with Crippen molar-refractivity contribution < 1.29 is 13.3 Å². The number of nitro groups is 1. The van der Waals surface area contributed by atoms with E-state index in [9.17, 15) is 18.5 Å². The summed E-state index contributed by atoms with van der Waals surface area (Å²) in [5, 5.41) is 14.1. The van der Waals surface area contributed by atoms with Gasteiger partial charge in [-0.3, -0.25) is 10.1 Å². The predicted octanol–water partition coefficient (Wildman–Crippen LogP) is 1.56. The first-order valence-electron chi connectivity index (χ1n) is 6.22. The maximum atomic E-state index is 12.3. The number of benzene rings is 1. The normalized spacial score (nSPS) is 15.6. The van der Waals surface area contributed by atoms with Gasteiger partial charge in [0.15, 0.2) is 4.90 Å². The maximum Gasteiger partial charge on any atom is 0.289 e. The van der Waals surface area contributed by atoms with Gasteiger partial charge in [-0.2, -0.15) is 0 Å². The Morgan fingerprint density at radius 2 is 2.19 bits per heavy atom. The van der Waals surface area contributed by atoms with Crippen LogP contribution in [-0.2, 0) is 10.0 Å². The second-order valence-corrected chi connectivity index (χ2v) is 7.16. The van der Waals surface area contributed by atoms with E-state index in [0.29, 0.717) is 11.0 Å². The number of nitrogens with one attached hydrogen (secondary N) is 2. The Morgan fingerprint density at radius 1 is 1.43 bits per heavy atom. The summed E-state index contributed by atoms with van der Waals surface area (Å²) in [6.45, 7) is 1.66. The molecule has 1 aromatic carbocycles. The molecule has 2 N–H and O–H groups in total. The highest BCUT2D eigenvalue weighted by molar-refractivity contribution is 9.10. The van der Waals surface area contributed by atoms with E-state index in [4.69, 9.17) is 0 Å². The van der Waals surface area contributed by atoms with E-state index < -0.39 is 20.6 Å². The molecule has 0 fully saturated rings. The van der Waals surface area contributed by atoms with Crippen molar-refractivity contribution in [2.24, 2.45) is 0 Å². The predicted molar refractivity (Wildman–Crippen MR) is 81.6 cm³/mol. The fourth-order valence-corrected chi connectivity index (χ4v) is 3.69. The summed E-state index contributed by atoms with van der Waals surface area (Å²) in [4.78, 5) is 9.92. The molecule has 0 atom stereocenters. The Morgan fingerprint density at radius 3 is 2.81 bits per heavy atom. The molecule has 0 unspecified atom stereocenters. The van der Waals surface area contributed by atoms with E-state index >= 15 is 0 Å². The van der Waals surface area contributed by atoms with Gasteiger partial charge in [0, 0.05) is 23.6 Å². The number of hydrogen-bond donors (Lipinski definition) is 2. The summed E-state index contributed by atoms with van der Waals surface area (Å²) in [6, 6.07) is 3.84. The summed E-state index contributed by atoms with van der Waals surface area (Å²) >= 11 is 3.13. The number of hydrogen-bond acceptors (Lipinski definition) is 5. The van der Waals surface area contributed by atoms with Gasteiger partial charge in [0.25, 0.3) is 5.69 Å². The number of sulfonamides is 1. The SMILES string of the molecule is O=[N+]([O-])c1ccc(Br)cc1S(=O)(=O)NCC1=CCNCC1. The molecule has 0 aliphatic carbocycles. The van der Waals surface area contributed by atoms with Gasteiger partial charge in [-0.25, -0.2) is 13.1 Å². The van der Waals surface area contributed by atoms with Crippen LogP contribution in [0.15, 0.2) is 39.2 Å². The second kappa shape index (κ2) is 6.65. The van der Waals surface area contributed by atoms with Gasteiger partial charge < -0.3 is 5.32 Å². The van der Waals surface area contributed by atoms with Crippen molar-refractivity contribution in [1.29, 1.82) is 0 Å². The highest BCUT2D eigenvalue weighted by Gasteiger charge is 2.26. The second-order valence-electron chi connectivity index (χ2n) is 4.51. The molecule has 0 amide bonds. The average molecular weight is 376 g/mol. The van der Waals surface area contributed by atoms with Crippen LogP contribution in [-0.4, -0.2) is 33.0 Å². The molecule has 1 heterocycles. The van der Waals surface area contributed by atoms with Crippen molar-refractivity contribution in [3.8, 4) is 0 Å². The zero-order chi connectivity index (χ0) is 15.5. The zero-order valence-corrected chi connectivity index (χ0v) is 13.4. The van der Waals surface area contributed by atoms with E-state index in [1.54, 1.807) is 0 Å². The summed E-state index contributed by atoms with van der Waals surface area (Å²) < 4.78 is 27.4. The van der Waals surface area contributed by atoms with Gasteiger partial charge in [-0.05, 0) is 25.1 Å². The molecule has 114 valence electrons. The molecule has 0 bridgehead atoms. The van der Waals surface area contributed by atoms with Crippen LogP contribution in [0.1, 0.15) is 6.42 Å². The Bertz CT molecular complexity index is 688. The fraction of sp³-hybridized carbons (Fsp3) is 0.333. The largest absolute Gasteiger partial charge is 0.313 e. The van der Waals surface area contributed by atoms with Crippen molar-refractivity contribution in [2.75, 3.05) is 19.6 Å². The molecule has 0 radical (unpaired) electrons. The summed E-state index contributed by atoms with van der Waals surface area (Å²) in [5.74, 6) is 0. The third-order valence-corrected chi connectivity index (χ3v) is 4.98. The van der Waals surface area contributed by atoms with Gasteiger partial charge in [-0.15, -0.1) is 0 Å². The quantitative estimate of drug-likeness (QED) is 0.461. The molecule has 0 saturated carbocycles. The van der Waals surface area contributed by atoms with Crippen LogP contribution in [0, 0.1) is 10.1 Å². The van der Waals surface area contributed by atoms with Crippen LogP contribution in [0.3, 0.4) is 0 Å². The Labute approximate surface area is 130 Å². The third-order valence-electron chi connectivity index (χ3n) is 3.06. The molecule has 9 heteroatoms. The number of halogens is 1. The van der Waals surface area contributed by atoms with Crippen molar-refractivity contribution >= 4 is 31.6 Å². The fourth-order valence-electron chi connectivity index (χ4n) is 1.95. The summed E-state index contributed by atoms with van der Waals surface area (Å²) in [7, 11) is -3.94. The minimum atomic E-state index is -3.94. The Kier molecular flexibility index (Phi) is 5.09. The van der Waals surface area contributed by atoms with Gasteiger partial charge >= 0.3 is 0 Å². The lowest BCUT2D eigenvalue weighted by molar-refractivity contribution is -0.387. The zero-order valence-electron chi connectivity index (χ0n) is 11.0. The average Bonchev–Trinajstić information content (AvgIpc) is 2.46. The van der Waals surface area contributed by atoms with Gasteiger partial charge in [0.05, 0.1) is 4.92 Å². The minimum Gasteiger partial charge on any atom is -0.313 e.